The summed E-state index contributed by atoms with van der Waals surface area (Å²) in [5, 5.41) is 8.90. The maximum absolute atomic E-state index is 13.0. The number of fused-ring (bicyclic) bond motifs is 3. The molecule has 2 amide bonds. The Morgan fingerprint density at radius 1 is 0.933 bits per heavy atom. The average Bonchev–Trinajstić information content (AvgIpc) is 2.77. The van der Waals surface area contributed by atoms with E-state index in [0.29, 0.717) is 17.6 Å². The van der Waals surface area contributed by atoms with Gasteiger partial charge in [0.1, 0.15) is 0 Å². The van der Waals surface area contributed by atoms with Crippen LogP contribution in [0.15, 0.2) is 72.9 Å². The summed E-state index contributed by atoms with van der Waals surface area (Å²) >= 11 is 0. The van der Waals surface area contributed by atoms with Gasteiger partial charge in [-0.25, -0.2) is 0 Å². The van der Waals surface area contributed by atoms with Gasteiger partial charge in [0.2, 0.25) is 5.91 Å². The Balaban J connectivity index is 1.53. The van der Waals surface area contributed by atoms with Gasteiger partial charge in [0.25, 0.3) is 5.91 Å². The highest BCUT2D eigenvalue weighted by atomic mass is 16.2. The predicted molar refractivity (Wildman–Crippen MR) is 120 cm³/mol. The molecule has 0 fully saturated rings. The Hall–Kier alpha value is -3.73. The molecule has 0 radical (unpaired) electrons. The minimum absolute atomic E-state index is 0.0215. The van der Waals surface area contributed by atoms with Gasteiger partial charge in [-0.1, -0.05) is 56.3 Å². The molecule has 0 unspecified atom stereocenters. The Labute approximate surface area is 175 Å². The quantitative estimate of drug-likeness (QED) is 0.470. The van der Waals surface area contributed by atoms with Crippen LogP contribution < -0.4 is 10.6 Å². The van der Waals surface area contributed by atoms with Crippen molar-refractivity contribution in [2.24, 2.45) is 5.92 Å². The molecule has 4 aromatic rings. The van der Waals surface area contributed by atoms with Crippen LogP contribution in [0.4, 0.5) is 5.69 Å². The molecule has 150 valence electrons. The van der Waals surface area contributed by atoms with Crippen LogP contribution in [0.3, 0.4) is 0 Å². The molecule has 5 nitrogen and oxygen atoms in total. The number of nitrogens with zero attached hydrogens (tertiary/aromatic N) is 1. The van der Waals surface area contributed by atoms with Crippen molar-refractivity contribution in [1.82, 2.24) is 10.3 Å². The zero-order valence-corrected chi connectivity index (χ0v) is 17.0. The molecule has 0 spiro atoms. The topological polar surface area (TPSA) is 71.1 Å². The SMILES string of the molecule is CC(C)C(=O)Nc1ccc(CNC(=O)c2cc3ccccc3c3cccnc23)cc1. The second kappa shape index (κ2) is 8.33. The highest BCUT2D eigenvalue weighted by molar-refractivity contribution is 6.15. The molecule has 0 aliphatic rings. The van der Waals surface area contributed by atoms with Crippen LogP contribution in [0.1, 0.15) is 29.8 Å². The van der Waals surface area contributed by atoms with Crippen molar-refractivity contribution in [2.45, 2.75) is 20.4 Å². The van der Waals surface area contributed by atoms with E-state index in [4.69, 9.17) is 0 Å². The molecule has 0 aliphatic heterocycles. The Kier molecular flexibility index (Phi) is 5.44. The van der Waals surface area contributed by atoms with Crippen LogP contribution >= 0.6 is 0 Å². The minimum atomic E-state index is -0.165. The van der Waals surface area contributed by atoms with Crippen LogP contribution in [0, 0.1) is 5.92 Å². The van der Waals surface area contributed by atoms with Crippen LogP contribution in [0.25, 0.3) is 21.7 Å². The van der Waals surface area contributed by atoms with Crippen molar-refractivity contribution in [3.8, 4) is 0 Å². The standard InChI is InChI=1S/C25H23N3O2/c1-16(2)24(29)28-19-11-9-17(10-12-19)15-27-25(30)22-14-18-6-3-4-7-20(18)21-8-5-13-26-23(21)22/h3-14,16H,15H2,1-2H3,(H,27,30)(H,28,29). The van der Waals surface area contributed by atoms with E-state index in [2.05, 4.69) is 15.6 Å². The maximum Gasteiger partial charge on any atom is 0.253 e. The summed E-state index contributed by atoms with van der Waals surface area (Å²) in [6.07, 6.45) is 1.71. The van der Waals surface area contributed by atoms with E-state index in [1.54, 1.807) is 6.20 Å². The molecular weight excluding hydrogens is 374 g/mol. The van der Waals surface area contributed by atoms with Gasteiger partial charge in [0.05, 0.1) is 11.1 Å². The van der Waals surface area contributed by atoms with E-state index in [1.165, 1.54) is 0 Å². The lowest BCUT2D eigenvalue weighted by Gasteiger charge is -2.11. The summed E-state index contributed by atoms with van der Waals surface area (Å²) in [5.41, 5.74) is 2.95. The van der Waals surface area contributed by atoms with E-state index < -0.39 is 0 Å². The first kappa shape index (κ1) is 19.6. The van der Waals surface area contributed by atoms with Gasteiger partial charge in [-0.15, -0.1) is 0 Å². The minimum Gasteiger partial charge on any atom is -0.348 e. The van der Waals surface area contributed by atoms with E-state index in [0.717, 1.165) is 27.4 Å². The van der Waals surface area contributed by atoms with Gasteiger partial charge in [0.15, 0.2) is 0 Å². The van der Waals surface area contributed by atoms with Gasteiger partial charge in [-0.2, -0.15) is 0 Å². The van der Waals surface area contributed by atoms with Crippen molar-refractivity contribution >= 4 is 39.2 Å². The lowest BCUT2D eigenvalue weighted by molar-refractivity contribution is -0.118. The van der Waals surface area contributed by atoms with Crippen LogP contribution in [0.2, 0.25) is 0 Å². The number of nitrogens with one attached hydrogen (secondary N) is 2. The Morgan fingerprint density at radius 3 is 2.43 bits per heavy atom. The maximum atomic E-state index is 13.0. The molecule has 2 N–H and O–H groups in total. The number of carbonyl (C=O) groups is 2. The lowest BCUT2D eigenvalue weighted by atomic mass is 10.0. The first-order valence-corrected chi connectivity index (χ1v) is 9.97. The summed E-state index contributed by atoms with van der Waals surface area (Å²) in [4.78, 5) is 29.2. The molecule has 0 saturated heterocycles. The Bertz CT molecular complexity index is 1230. The summed E-state index contributed by atoms with van der Waals surface area (Å²) in [5.74, 6) is -0.261. The molecule has 3 aromatic carbocycles. The summed E-state index contributed by atoms with van der Waals surface area (Å²) in [6.45, 7) is 4.09. The highest BCUT2D eigenvalue weighted by Gasteiger charge is 2.14. The van der Waals surface area contributed by atoms with E-state index in [-0.39, 0.29) is 17.7 Å². The molecule has 0 bridgehead atoms. The molecule has 4 rings (SSSR count). The third-order valence-corrected chi connectivity index (χ3v) is 5.06. The van der Waals surface area contributed by atoms with Crippen LogP contribution in [-0.4, -0.2) is 16.8 Å². The highest BCUT2D eigenvalue weighted by Crippen LogP contribution is 2.27. The fourth-order valence-electron chi connectivity index (χ4n) is 3.37. The van der Waals surface area contributed by atoms with E-state index in [1.807, 2.05) is 80.6 Å². The predicted octanol–water partition coefficient (Wildman–Crippen LogP) is 4.91. The number of benzene rings is 3. The number of rotatable bonds is 5. The van der Waals surface area contributed by atoms with Gasteiger partial charge >= 0.3 is 0 Å². The molecular formula is C25H23N3O2. The van der Waals surface area contributed by atoms with E-state index in [9.17, 15) is 9.59 Å². The average molecular weight is 397 g/mol. The zero-order valence-electron chi connectivity index (χ0n) is 17.0. The van der Waals surface area contributed by atoms with Crippen LogP contribution in [-0.2, 0) is 11.3 Å². The van der Waals surface area contributed by atoms with Gasteiger partial charge in [-0.05, 0) is 40.6 Å². The molecule has 1 aromatic heterocycles. The second-order valence-corrected chi connectivity index (χ2v) is 7.57. The number of hydrogen-bond donors (Lipinski definition) is 2. The molecule has 5 heteroatoms. The monoisotopic (exact) mass is 397 g/mol. The summed E-state index contributed by atoms with van der Waals surface area (Å²) in [6, 6.07) is 21.2. The van der Waals surface area contributed by atoms with Crippen molar-refractivity contribution in [3.63, 3.8) is 0 Å². The summed E-state index contributed by atoms with van der Waals surface area (Å²) in [7, 11) is 0. The second-order valence-electron chi connectivity index (χ2n) is 7.57. The lowest BCUT2D eigenvalue weighted by Crippen LogP contribution is -2.23. The zero-order chi connectivity index (χ0) is 21.1. The first-order chi connectivity index (χ1) is 14.5. The molecule has 1 heterocycles. The molecule has 0 saturated carbocycles. The normalized spacial score (nSPS) is 11.0. The molecule has 0 atom stereocenters. The molecule has 30 heavy (non-hydrogen) atoms. The third kappa shape index (κ3) is 4.01. The van der Waals surface area contributed by atoms with Crippen molar-refractivity contribution in [2.75, 3.05) is 5.32 Å². The smallest absolute Gasteiger partial charge is 0.253 e. The molecule has 0 aliphatic carbocycles. The fraction of sp³-hybridized carbons (Fsp3) is 0.160. The Morgan fingerprint density at radius 2 is 1.67 bits per heavy atom. The number of hydrogen-bond acceptors (Lipinski definition) is 3. The fourth-order valence-corrected chi connectivity index (χ4v) is 3.37. The summed E-state index contributed by atoms with van der Waals surface area (Å²) < 4.78 is 0. The number of anilines is 1. The van der Waals surface area contributed by atoms with Gasteiger partial charge in [0, 0.05) is 29.7 Å². The third-order valence-electron chi connectivity index (χ3n) is 5.06. The number of carbonyl (C=O) groups excluding carboxylic acids is 2. The van der Waals surface area contributed by atoms with Crippen molar-refractivity contribution in [1.29, 1.82) is 0 Å². The van der Waals surface area contributed by atoms with Gasteiger partial charge in [-0.3, -0.25) is 14.6 Å². The van der Waals surface area contributed by atoms with Crippen LogP contribution in [0.5, 0.6) is 0 Å². The van der Waals surface area contributed by atoms with Crippen molar-refractivity contribution in [3.05, 3.63) is 84.1 Å². The van der Waals surface area contributed by atoms with Crippen molar-refractivity contribution < 1.29 is 9.59 Å². The number of pyridine rings is 1. The van der Waals surface area contributed by atoms with Gasteiger partial charge < -0.3 is 10.6 Å². The number of amides is 2. The number of aromatic nitrogens is 1. The largest absolute Gasteiger partial charge is 0.348 e. The first-order valence-electron chi connectivity index (χ1n) is 9.97. The van der Waals surface area contributed by atoms with E-state index >= 15 is 0 Å².